The van der Waals surface area contributed by atoms with Crippen LogP contribution in [0.4, 0.5) is 4.39 Å². The van der Waals surface area contributed by atoms with Gasteiger partial charge in [-0.3, -0.25) is 0 Å². The Kier molecular flexibility index (Phi) is 9.44. The molecule has 0 N–H and O–H groups in total. The Morgan fingerprint density at radius 1 is 0.933 bits per heavy atom. The molecule has 0 amide bonds. The molecule has 2 aliphatic carbocycles. The summed E-state index contributed by atoms with van der Waals surface area (Å²) in [6, 6.07) is 11.1. The summed E-state index contributed by atoms with van der Waals surface area (Å²) >= 11 is 0. The van der Waals surface area contributed by atoms with Crippen LogP contribution in [0.3, 0.4) is 0 Å². The molecule has 1 aromatic rings. The number of hydrogen-bond donors (Lipinski definition) is 0. The Bertz CT molecular complexity index is 682. The van der Waals surface area contributed by atoms with Gasteiger partial charge >= 0.3 is 0 Å². The van der Waals surface area contributed by atoms with Crippen LogP contribution >= 0.6 is 0 Å². The fourth-order valence-corrected chi connectivity index (χ4v) is 5.68. The minimum atomic E-state index is -0.596. The highest BCUT2D eigenvalue weighted by Crippen LogP contribution is 2.40. The molecular weight excluding hydrogens is 369 g/mol. The molecule has 0 spiro atoms. The molecule has 2 heteroatoms. The first-order valence-electron chi connectivity index (χ1n) is 12.5. The van der Waals surface area contributed by atoms with Crippen molar-refractivity contribution in [1.82, 2.24) is 0 Å². The van der Waals surface area contributed by atoms with Crippen molar-refractivity contribution in [2.24, 2.45) is 17.8 Å². The fourth-order valence-electron chi connectivity index (χ4n) is 5.68. The SMILES string of the molecule is CCCCCc1ccc([C@H]2CC[C@H](CC[C@H]3CC[C@H](/C=C(/F)C#N)CC3)CC2)cc1. The Balaban J connectivity index is 1.34. The van der Waals surface area contributed by atoms with E-state index in [-0.39, 0.29) is 5.92 Å². The molecule has 0 aliphatic heterocycles. The second-order valence-electron chi connectivity index (χ2n) is 9.90. The van der Waals surface area contributed by atoms with Gasteiger partial charge < -0.3 is 0 Å². The van der Waals surface area contributed by atoms with Crippen molar-refractivity contribution in [2.75, 3.05) is 0 Å². The van der Waals surface area contributed by atoms with Crippen molar-refractivity contribution in [3.05, 3.63) is 47.3 Å². The standard InChI is InChI=1S/C28H40FN/c1-2-3-4-5-22-12-16-26(17-13-22)27-18-14-24(15-19-27)7-6-23-8-10-25(11-9-23)20-28(29)21-30/h12-13,16-17,20,23-25,27H,2-11,14-15,18-19H2,1H3/b28-20+/t23-,24-,25-,27-. The van der Waals surface area contributed by atoms with Gasteiger partial charge in [-0.05, 0) is 105 Å². The largest absolute Gasteiger partial charge is 0.196 e. The van der Waals surface area contributed by atoms with Gasteiger partial charge in [-0.15, -0.1) is 0 Å². The summed E-state index contributed by atoms with van der Waals surface area (Å²) in [5, 5.41) is 8.60. The average Bonchev–Trinajstić information content (AvgIpc) is 2.79. The zero-order valence-corrected chi connectivity index (χ0v) is 18.9. The van der Waals surface area contributed by atoms with Gasteiger partial charge in [-0.25, -0.2) is 0 Å². The van der Waals surface area contributed by atoms with Gasteiger partial charge in [0.05, 0.1) is 0 Å². The van der Waals surface area contributed by atoms with Gasteiger partial charge in [-0.1, -0.05) is 56.9 Å². The number of aryl methyl sites for hydroxylation is 1. The number of benzene rings is 1. The lowest BCUT2D eigenvalue weighted by Crippen LogP contribution is -2.17. The van der Waals surface area contributed by atoms with Gasteiger partial charge in [-0.2, -0.15) is 9.65 Å². The molecule has 1 nitrogen and oxygen atoms in total. The normalized spacial score (nSPS) is 27.6. The third kappa shape index (κ3) is 7.26. The van der Waals surface area contributed by atoms with Crippen LogP contribution in [0.25, 0.3) is 0 Å². The number of nitriles is 1. The second-order valence-corrected chi connectivity index (χ2v) is 9.90. The van der Waals surface area contributed by atoms with Crippen LogP contribution in [-0.4, -0.2) is 0 Å². The van der Waals surface area contributed by atoms with Crippen molar-refractivity contribution in [3.8, 4) is 6.07 Å². The Morgan fingerprint density at radius 2 is 1.53 bits per heavy atom. The molecule has 0 radical (unpaired) electrons. The van der Waals surface area contributed by atoms with Gasteiger partial charge in [0.15, 0.2) is 5.83 Å². The minimum absolute atomic E-state index is 0.286. The highest BCUT2D eigenvalue weighted by atomic mass is 19.1. The van der Waals surface area contributed by atoms with E-state index in [1.807, 2.05) is 0 Å². The molecule has 3 rings (SSSR count). The summed E-state index contributed by atoms with van der Waals surface area (Å²) < 4.78 is 13.1. The molecule has 0 unspecified atom stereocenters. The van der Waals surface area contributed by atoms with Gasteiger partial charge in [0.2, 0.25) is 0 Å². The second kappa shape index (κ2) is 12.3. The number of allylic oxidation sites excluding steroid dienone is 2. The number of nitrogens with zero attached hydrogens (tertiary/aromatic N) is 1. The van der Waals surface area contributed by atoms with Crippen LogP contribution in [0, 0.1) is 29.1 Å². The Morgan fingerprint density at radius 3 is 2.10 bits per heavy atom. The molecule has 2 fully saturated rings. The first-order valence-corrected chi connectivity index (χ1v) is 12.5. The lowest BCUT2D eigenvalue weighted by molar-refractivity contribution is 0.245. The molecule has 0 aromatic heterocycles. The van der Waals surface area contributed by atoms with Crippen molar-refractivity contribution in [2.45, 2.75) is 103 Å². The number of halogens is 1. The highest BCUT2D eigenvalue weighted by Gasteiger charge is 2.25. The quantitative estimate of drug-likeness (QED) is 0.296. The first-order chi connectivity index (χ1) is 14.7. The Hall–Kier alpha value is -1.62. The smallest absolute Gasteiger partial charge is 0.195 e. The molecule has 2 saturated carbocycles. The first kappa shape index (κ1) is 23.1. The summed E-state index contributed by atoms with van der Waals surface area (Å²) in [6.45, 7) is 2.27. The molecule has 1 aromatic carbocycles. The summed E-state index contributed by atoms with van der Waals surface area (Å²) in [4.78, 5) is 0. The predicted octanol–water partition coefficient (Wildman–Crippen LogP) is 8.66. The lowest BCUT2D eigenvalue weighted by Gasteiger charge is -2.31. The van der Waals surface area contributed by atoms with E-state index in [1.165, 1.54) is 82.6 Å². The van der Waals surface area contributed by atoms with Crippen molar-refractivity contribution >= 4 is 0 Å². The van der Waals surface area contributed by atoms with E-state index >= 15 is 0 Å². The molecule has 0 saturated heterocycles. The topological polar surface area (TPSA) is 23.8 Å². The maximum Gasteiger partial charge on any atom is 0.196 e. The van der Waals surface area contributed by atoms with E-state index in [4.69, 9.17) is 5.26 Å². The summed E-state index contributed by atoms with van der Waals surface area (Å²) in [6.07, 6.45) is 19.4. The minimum Gasteiger partial charge on any atom is -0.195 e. The van der Waals surface area contributed by atoms with Crippen LogP contribution in [0.2, 0.25) is 0 Å². The van der Waals surface area contributed by atoms with Gasteiger partial charge in [0.1, 0.15) is 6.07 Å². The van der Waals surface area contributed by atoms with Crippen molar-refractivity contribution in [1.29, 1.82) is 5.26 Å². The molecule has 2 aliphatic rings. The van der Waals surface area contributed by atoms with E-state index < -0.39 is 5.83 Å². The van der Waals surface area contributed by atoms with Crippen LogP contribution in [0.1, 0.15) is 107 Å². The van der Waals surface area contributed by atoms with E-state index in [2.05, 4.69) is 31.2 Å². The molecule has 164 valence electrons. The molecule has 0 atom stereocenters. The maximum atomic E-state index is 13.1. The zero-order chi connectivity index (χ0) is 21.2. The third-order valence-corrected chi connectivity index (χ3v) is 7.73. The monoisotopic (exact) mass is 409 g/mol. The van der Waals surface area contributed by atoms with Crippen molar-refractivity contribution in [3.63, 3.8) is 0 Å². The van der Waals surface area contributed by atoms with Gasteiger partial charge in [0.25, 0.3) is 0 Å². The average molecular weight is 410 g/mol. The van der Waals surface area contributed by atoms with Crippen molar-refractivity contribution < 1.29 is 4.39 Å². The summed E-state index contributed by atoms with van der Waals surface area (Å²) in [7, 11) is 0. The molecular formula is C28H40FN. The number of rotatable bonds is 9. The maximum absolute atomic E-state index is 13.1. The van der Waals surface area contributed by atoms with Crippen LogP contribution < -0.4 is 0 Å². The summed E-state index contributed by atoms with van der Waals surface area (Å²) in [5.41, 5.74) is 3.06. The van der Waals surface area contributed by atoms with Gasteiger partial charge in [0, 0.05) is 0 Å². The number of unbranched alkanes of at least 4 members (excludes halogenated alkanes) is 2. The third-order valence-electron chi connectivity index (χ3n) is 7.73. The summed E-state index contributed by atoms with van der Waals surface area (Å²) in [5.74, 6) is 2.18. The van der Waals surface area contributed by atoms with Crippen LogP contribution in [-0.2, 0) is 6.42 Å². The van der Waals surface area contributed by atoms with Crippen LogP contribution in [0.5, 0.6) is 0 Å². The van der Waals surface area contributed by atoms with Crippen LogP contribution in [0.15, 0.2) is 36.2 Å². The number of hydrogen-bond acceptors (Lipinski definition) is 1. The van der Waals surface area contributed by atoms with E-state index in [1.54, 1.807) is 17.7 Å². The zero-order valence-electron chi connectivity index (χ0n) is 18.9. The lowest BCUT2D eigenvalue weighted by atomic mass is 9.74. The van der Waals surface area contributed by atoms with E-state index in [0.717, 1.165) is 30.6 Å². The van der Waals surface area contributed by atoms with E-state index in [0.29, 0.717) is 0 Å². The highest BCUT2D eigenvalue weighted by molar-refractivity contribution is 5.26. The fraction of sp³-hybridized carbons (Fsp3) is 0.679. The molecule has 0 heterocycles. The molecule has 0 bridgehead atoms. The predicted molar refractivity (Wildman–Crippen MR) is 124 cm³/mol. The van der Waals surface area contributed by atoms with E-state index in [9.17, 15) is 4.39 Å². The molecule has 30 heavy (non-hydrogen) atoms. The Labute approximate surface area is 183 Å².